The van der Waals surface area contributed by atoms with Crippen LogP contribution >= 0.6 is 0 Å². The quantitative estimate of drug-likeness (QED) is 0.189. The van der Waals surface area contributed by atoms with Crippen molar-refractivity contribution in [1.82, 2.24) is 0 Å². The van der Waals surface area contributed by atoms with Crippen molar-refractivity contribution in [2.75, 3.05) is 54.0 Å². The first-order valence-corrected chi connectivity index (χ1v) is 19.6. The van der Waals surface area contributed by atoms with E-state index in [1.807, 2.05) is 49.9 Å². The lowest BCUT2D eigenvalue weighted by atomic mass is 10.1. The molecule has 0 fully saturated rings. The van der Waals surface area contributed by atoms with Crippen molar-refractivity contribution in [3.8, 4) is 0 Å². The van der Waals surface area contributed by atoms with Crippen LogP contribution in [0.15, 0.2) is 106 Å². The molecule has 0 atom stereocenters. The Morgan fingerprint density at radius 2 is 0.914 bits per heavy atom. The number of halogens is 4. The maximum absolute atomic E-state index is 12.9. The average molecular weight is 834 g/mol. The van der Waals surface area contributed by atoms with Crippen LogP contribution in [-0.2, 0) is 6.18 Å². The maximum Gasteiger partial charge on any atom is 0.417 e. The predicted octanol–water partition coefficient (Wildman–Crippen LogP) is 5.12. The second-order valence-electron chi connectivity index (χ2n) is 12.5. The van der Waals surface area contributed by atoms with E-state index in [2.05, 4.69) is 49.6 Å². The highest BCUT2D eigenvalue weighted by molar-refractivity contribution is 5.85. The van der Waals surface area contributed by atoms with E-state index < -0.39 is 27.6 Å². The third-order valence-corrected chi connectivity index (χ3v) is 8.96. The van der Waals surface area contributed by atoms with Crippen molar-refractivity contribution >= 4 is 50.0 Å². The number of nitrogens with zero attached hydrogens (tertiary/aromatic N) is 3. The highest BCUT2D eigenvalue weighted by Gasteiger charge is 2.34. The van der Waals surface area contributed by atoms with Gasteiger partial charge in [-0.15, -0.1) is 0 Å². The molecule has 0 radical (unpaired) electrons. The summed E-state index contributed by atoms with van der Waals surface area (Å²) in [6, 6.07) is 21.6. The number of benzene rings is 3. The molecule has 3 aromatic heterocycles. The van der Waals surface area contributed by atoms with Gasteiger partial charge in [-0.3, -0.25) is 0 Å². The summed E-state index contributed by atoms with van der Waals surface area (Å²) in [7, 11) is -4.69. The Hall–Kier alpha value is -5.39. The lowest BCUT2D eigenvalue weighted by Crippen LogP contribution is -2.58. The standard InChI is InChI=1S/C14H14F3NO2.C14H17NO2.C13H15NO2.ClHO4/c1-3-18(4-2)9-5-6-10-11(14(15,16)17)8-13(19)20-12(10)7-9;1-4-15(5-2)11-6-7-12-10(3)8-14(16)17-13(12)9-11;1-3-14(4-2)11-7-5-10-6-8-13(15)16-12(10)9-11;2-1(3,4)5/h5-8H,3-4H2,1-2H3;6-9H,4-5H2,1-3H3;5-9H,3-4H2,1-2H3;(H,2,3,4,5). The Balaban J connectivity index is 0.000000221. The summed E-state index contributed by atoms with van der Waals surface area (Å²) in [6.07, 6.45) is -4.58. The topological polar surface area (TPSA) is 190 Å². The van der Waals surface area contributed by atoms with Gasteiger partial charge in [-0.1, -0.05) is 0 Å². The fourth-order valence-corrected chi connectivity index (χ4v) is 6.11. The molecular weight excluding hydrogens is 787 g/mol. The summed E-state index contributed by atoms with van der Waals surface area (Å²) in [5.74, 6) is 0. The first-order chi connectivity index (χ1) is 27.3. The molecule has 3 heterocycles. The Morgan fingerprint density at radius 1 is 0.552 bits per heavy atom. The number of rotatable bonds is 9. The lowest BCUT2D eigenvalue weighted by molar-refractivity contribution is -1.92. The van der Waals surface area contributed by atoms with Crippen LogP contribution in [0, 0.1) is 17.2 Å². The van der Waals surface area contributed by atoms with Crippen molar-refractivity contribution in [3.63, 3.8) is 0 Å². The molecule has 0 bridgehead atoms. The van der Waals surface area contributed by atoms with E-state index in [9.17, 15) is 27.6 Å². The Kier molecular flexibility index (Phi) is 16.9. The van der Waals surface area contributed by atoms with E-state index in [0.29, 0.717) is 30.3 Å². The fourth-order valence-electron chi connectivity index (χ4n) is 6.11. The van der Waals surface area contributed by atoms with Crippen molar-refractivity contribution in [2.24, 2.45) is 0 Å². The molecule has 0 spiro atoms. The van der Waals surface area contributed by atoms with Crippen LogP contribution in [0.1, 0.15) is 52.7 Å². The smallest absolute Gasteiger partial charge is 0.417 e. The zero-order valence-electron chi connectivity index (χ0n) is 33.2. The van der Waals surface area contributed by atoms with Crippen LogP contribution in [-0.4, -0.2) is 43.9 Å². The Morgan fingerprint density at radius 3 is 1.36 bits per heavy atom. The van der Waals surface area contributed by atoms with Crippen LogP contribution in [0.25, 0.3) is 32.9 Å². The summed E-state index contributed by atoms with van der Waals surface area (Å²) in [5.41, 5.74) is 2.59. The molecule has 0 aliphatic heterocycles. The monoisotopic (exact) mass is 833 g/mol. The molecule has 0 amide bonds. The van der Waals surface area contributed by atoms with Gasteiger partial charge < -0.3 is 28.0 Å². The summed E-state index contributed by atoms with van der Waals surface area (Å²) >= 11 is 0. The molecule has 58 heavy (non-hydrogen) atoms. The minimum absolute atomic E-state index is 0.0470. The Bertz CT molecular complexity index is 2430. The summed E-state index contributed by atoms with van der Waals surface area (Å²) in [4.78, 5) is 40.2. The minimum atomic E-state index is -4.69. The van der Waals surface area contributed by atoms with Gasteiger partial charge >= 0.3 is 23.1 Å². The highest BCUT2D eigenvalue weighted by Crippen LogP contribution is 2.35. The summed E-state index contributed by atoms with van der Waals surface area (Å²) in [6.45, 7) is 19.4. The van der Waals surface area contributed by atoms with Crippen molar-refractivity contribution in [1.29, 1.82) is 0 Å². The van der Waals surface area contributed by atoms with Crippen molar-refractivity contribution < 1.29 is 55.3 Å². The lowest BCUT2D eigenvalue weighted by Gasteiger charge is -2.21. The van der Waals surface area contributed by atoms with Crippen LogP contribution in [0.5, 0.6) is 0 Å². The van der Waals surface area contributed by atoms with Gasteiger partial charge in [0.15, 0.2) is 0 Å². The molecule has 6 aromatic rings. The third kappa shape index (κ3) is 13.3. The number of hydrogen-bond donors (Lipinski definition) is 1. The maximum atomic E-state index is 12.9. The van der Waals surface area contributed by atoms with Crippen LogP contribution in [0.2, 0.25) is 0 Å². The van der Waals surface area contributed by atoms with Crippen LogP contribution in [0.3, 0.4) is 0 Å². The highest BCUT2D eigenvalue weighted by atomic mass is 35.7. The van der Waals surface area contributed by atoms with Crippen LogP contribution in [0.4, 0.5) is 30.2 Å². The van der Waals surface area contributed by atoms with Gasteiger partial charge in [0.2, 0.25) is 0 Å². The number of hydrogen-bond acceptors (Lipinski definition) is 13. The first-order valence-electron chi connectivity index (χ1n) is 18.4. The van der Waals surface area contributed by atoms with Gasteiger partial charge in [0, 0.05) is 109 Å². The van der Waals surface area contributed by atoms with E-state index in [0.717, 1.165) is 59.6 Å². The zero-order valence-corrected chi connectivity index (χ0v) is 34.0. The number of fused-ring (bicyclic) bond motifs is 3. The van der Waals surface area contributed by atoms with E-state index in [1.54, 1.807) is 12.1 Å². The van der Waals surface area contributed by atoms with Gasteiger partial charge in [-0.05, 0) is 96.5 Å². The predicted molar refractivity (Wildman–Crippen MR) is 210 cm³/mol. The molecule has 3 aromatic carbocycles. The fraction of sp³-hybridized carbons (Fsp3) is 0.341. The molecule has 0 unspecified atom stereocenters. The molecule has 0 aliphatic rings. The molecular formula is C41H47ClF3N3O10. The van der Waals surface area contributed by atoms with Gasteiger partial charge in [-0.25, -0.2) is 14.4 Å². The van der Waals surface area contributed by atoms with E-state index in [-0.39, 0.29) is 22.2 Å². The third-order valence-electron chi connectivity index (χ3n) is 8.96. The molecule has 314 valence electrons. The normalized spacial score (nSPS) is 11.2. The molecule has 0 saturated heterocycles. The molecule has 13 nitrogen and oxygen atoms in total. The molecule has 1 N–H and O–H groups in total. The molecule has 0 saturated carbocycles. The van der Waals surface area contributed by atoms with Gasteiger partial charge in [0.25, 0.3) is 0 Å². The first kappa shape index (κ1) is 47.0. The number of alkyl halides is 3. The summed E-state index contributed by atoms with van der Waals surface area (Å²) in [5, 5.41) is 1.85. The zero-order chi connectivity index (χ0) is 43.4. The molecule has 0 aliphatic carbocycles. The van der Waals surface area contributed by atoms with Crippen LogP contribution < -0.4 is 45.6 Å². The number of anilines is 3. The van der Waals surface area contributed by atoms with Crippen molar-refractivity contribution in [3.05, 3.63) is 121 Å². The Labute approximate surface area is 334 Å². The van der Waals surface area contributed by atoms with E-state index in [1.165, 1.54) is 24.3 Å². The molecule has 17 heteroatoms. The van der Waals surface area contributed by atoms with Gasteiger partial charge in [-0.2, -0.15) is 27.1 Å². The average Bonchev–Trinajstić information content (AvgIpc) is 3.15. The number of aryl methyl sites for hydroxylation is 1. The second kappa shape index (κ2) is 20.9. The van der Waals surface area contributed by atoms with E-state index in [4.69, 9.17) is 31.9 Å². The largest absolute Gasteiger partial charge is 0.423 e. The minimum Gasteiger partial charge on any atom is -0.423 e. The van der Waals surface area contributed by atoms with Gasteiger partial charge in [0.05, 0.1) is 20.5 Å². The van der Waals surface area contributed by atoms with Gasteiger partial charge in [0.1, 0.15) is 16.7 Å². The molecule has 6 rings (SSSR count). The van der Waals surface area contributed by atoms with Crippen molar-refractivity contribution in [2.45, 2.75) is 54.6 Å². The SMILES string of the molecule is CCN(CC)c1ccc2c(C(F)(F)F)cc(=O)oc2c1.CCN(CC)c1ccc2c(C)cc(=O)oc2c1.CCN(CC)c1ccc2ccc(=O)oc2c1.[O-][Cl+3]([O-])([O-])O. The van der Waals surface area contributed by atoms with E-state index >= 15 is 0 Å². The second-order valence-corrected chi connectivity index (χ2v) is 13.3. The summed E-state index contributed by atoms with van der Waals surface area (Å²) < 4.78 is 86.7.